The van der Waals surface area contributed by atoms with Gasteiger partial charge in [0, 0.05) is 43.8 Å². The molecule has 1 amide bonds. The van der Waals surface area contributed by atoms with Crippen molar-refractivity contribution in [3.63, 3.8) is 0 Å². The number of hydrogen-bond acceptors (Lipinski definition) is 5. The summed E-state index contributed by atoms with van der Waals surface area (Å²) < 4.78 is 0. The predicted molar refractivity (Wildman–Crippen MR) is 111 cm³/mol. The van der Waals surface area contributed by atoms with Gasteiger partial charge in [-0.25, -0.2) is 4.98 Å². The Labute approximate surface area is 170 Å². The van der Waals surface area contributed by atoms with E-state index in [2.05, 4.69) is 25.9 Å². The first-order valence-electron chi connectivity index (χ1n) is 7.51. The number of hydrogen-bond donors (Lipinski definition) is 2. The molecule has 25 heavy (non-hydrogen) atoms. The number of piperazine rings is 1. The minimum absolute atomic E-state index is 0. The first-order valence-corrected chi connectivity index (χ1v) is 8.39. The number of rotatable bonds is 5. The van der Waals surface area contributed by atoms with Crippen molar-refractivity contribution in [2.75, 3.05) is 31.5 Å². The van der Waals surface area contributed by atoms with Crippen molar-refractivity contribution < 1.29 is 4.79 Å². The monoisotopic (exact) mass is 424 g/mol. The SMILES string of the molecule is Cl.Cl.Cl.O=C(Cc1nc(CN2CCNCC2)cs1)Nc1ccccc1. The molecule has 0 bridgehead atoms. The summed E-state index contributed by atoms with van der Waals surface area (Å²) in [5.74, 6) is -0.0192. The summed E-state index contributed by atoms with van der Waals surface area (Å²) in [4.78, 5) is 19.0. The van der Waals surface area contributed by atoms with Crippen LogP contribution in [0.4, 0.5) is 5.69 Å². The number of thiazole rings is 1. The Morgan fingerprint density at radius 3 is 2.52 bits per heavy atom. The topological polar surface area (TPSA) is 57.3 Å². The average molecular weight is 426 g/mol. The highest BCUT2D eigenvalue weighted by Crippen LogP contribution is 2.14. The summed E-state index contributed by atoms with van der Waals surface area (Å²) in [6, 6.07) is 9.51. The number of benzene rings is 1. The van der Waals surface area contributed by atoms with Gasteiger partial charge >= 0.3 is 0 Å². The first kappa shape index (κ1) is 24.1. The van der Waals surface area contributed by atoms with E-state index >= 15 is 0 Å². The maximum absolute atomic E-state index is 12.0. The highest BCUT2D eigenvalue weighted by molar-refractivity contribution is 7.09. The second-order valence-corrected chi connectivity index (χ2v) is 6.29. The van der Waals surface area contributed by atoms with Gasteiger partial charge in [-0.3, -0.25) is 9.69 Å². The number of carbonyl (C=O) groups is 1. The third-order valence-electron chi connectivity index (χ3n) is 3.56. The zero-order valence-corrected chi connectivity index (χ0v) is 16.9. The Hall–Kier alpha value is -0.890. The normalized spacial score (nSPS) is 13.8. The van der Waals surface area contributed by atoms with Crippen LogP contribution in [0.3, 0.4) is 0 Å². The lowest BCUT2D eigenvalue weighted by atomic mass is 10.3. The minimum Gasteiger partial charge on any atom is -0.326 e. The lowest BCUT2D eigenvalue weighted by molar-refractivity contribution is -0.115. The maximum Gasteiger partial charge on any atom is 0.231 e. The number of nitrogens with zero attached hydrogens (tertiary/aromatic N) is 2. The van der Waals surface area contributed by atoms with Crippen molar-refractivity contribution in [2.24, 2.45) is 0 Å². The van der Waals surface area contributed by atoms with Crippen LogP contribution < -0.4 is 10.6 Å². The van der Waals surface area contributed by atoms with Gasteiger partial charge < -0.3 is 10.6 Å². The van der Waals surface area contributed by atoms with Crippen LogP contribution in [-0.4, -0.2) is 42.0 Å². The summed E-state index contributed by atoms with van der Waals surface area (Å²) in [6.45, 7) is 5.06. The lowest BCUT2D eigenvalue weighted by Gasteiger charge is -2.26. The van der Waals surface area contributed by atoms with E-state index in [0.29, 0.717) is 6.42 Å². The highest BCUT2D eigenvalue weighted by Gasteiger charge is 2.13. The summed E-state index contributed by atoms with van der Waals surface area (Å²) in [6.07, 6.45) is 0.334. The Bertz CT molecular complexity index is 621. The molecule has 2 N–H and O–H groups in total. The number of anilines is 1. The Balaban J connectivity index is 0.00000192. The fourth-order valence-electron chi connectivity index (χ4n) is 2.47. The number of nitrogens with one attached hydrogen (secondary N) is 2. The lowest BCUT2D eigenvalue weighted by Crippen LogP contribution is -2.42. The molecular weight excluding hydrogens is 403 g/mol. The Morgan fingerprint density at radius 2 is 1.84 bits per heavy atom. The highest BCUT2D eigenvalue weighted by atomic mass is 35.5. The van der Waals surface area contributed by atoms with Crippen LogP contribution in [0, 0.1) is 0 Å². The second kappa shape index (κ2) is 12.5. The Kier molecular flexibility index (Phi) is 12.0. The molecular formula is C16H23Cl3N4OS. The molecule has 5 nitrogen and oxygen atoms in total. The molecule has 1 aromatic heterocycles. The van der Waals surface area contributed by atoms with Crippen molar-refractivity contribution in [1.82, 2.24) is 15.2 Å². The molecule has 0 spiro atoms. The molecule has 3 rings (SSSR count). The van der Waals surface area contributed by atoms with Crippen LogP contribution >= 0.6 is 48.6 Å². The number of aromatic nitrogens is 1. The van der Waals surface area contributed by atoms with Crippen LogP contribution in [0.25, 0.3) is 0 Å². The van der Waals surface area contributed by atoms with Crippen molar-refractivity contribution in [1.29, 1.82) is 0 Å². The van der Waals surface area contributed by atoms with Crippen molar-refractivity contribution in [2.45, 2.75) is 13.0 Å². The third kappa shape index (κ3) is 7.90. The van der Waals surface area contributed by atoms with Crippen LogP contribution in [0.1, 0.15) is 10.7 Å². The van der Waals surface area contributed by atoms with Gasteiger partial charge in [0.15, 0.2) is 0 Å². The molecule has 0 saturated carbocycles. The zero-order chi connectivity index (χ0) is 15.2. The van der Waals surface area contributed by atoms with Gasteiger partial charge in [0.05, 0.1) is 12.1 Å². The third-order valence-corrected chi connectivity index (χ3v) is 4.46. The standard InChI is InChI=1S/C16H20N4OS.3ClH/c21-15(18-13-4-2-1-3-5-13)10-16-19-14(12-22-16)11-20-8-6-17-7-9-20;;;/h1-5,12,17H,6-11H2,(H,18,21);3*1H. The Morgan fingerprint density at radius 1 is 1.16 bits per heavy atom. The molecule has 2 heterocycles. The smallest absolute Gasteiger partial charge is 0.231 e. The van der Waals surface area contributed by atoms with Crippen molar-refractivity contribution in [3.05, 3.63) is 46.4 Å². The van der Waals surface area contributed by atoms with Gasteiger partial charge in [0.1, 0.15) is 5.01 Å². The summed E-state index contributed by atoms with van der Waals surface area (Å²) in [5, 5.41) is 9.17. The van der Waals surface area contributed by atoms with E-state index in [9.17, 15) is 4.79 Å². The number of halogens is 3. The summed E-state index contributed by atoms with van der Waals surface area (Å²) in [5.41, 5.74) is 1.89. The average Bonchev–Trinajstić information content (AvgIpc) is 2.96. The molecule has 140 valence electrons. The molecule has 1 aliphatic rings. The number of amides is 1. The van der Waals surface area contributed by atoms with E-state index in [1.807, 2.05) is 30.3 Å². The van der Waals surface area contributed by atoms with E-state index < -0.39 is 0 Å². The predicted octanol–water partition coefficient (Wildman–Crippen LogP) is 2.99. The van der Waals surface area contributed by atoms with Gasteiger partial charge in [-0.15, -0.1) is 48.6 Å². The fourth-order valence-corrected chi connectivity index (χ4v) is 3.25. The fraction of sp³-hybridized carbons (Fsp3) is 0.375. The van der Waals surface area contributed by atoms with E-state index in [1.165, 1.54) is 0 Å². The molecule has 1 aliphatic heterocycles. The number of para-hydroxylation sites is 1. The summed E-state index contributed by atoms with van der Waals surface area (Å²) >= 11 is 1.56. The van der Waals surface area contributed by atoms with Crippen LogP contribution in [-0.2, 0) is 17.8 Å². The zero-order valence-electron chi connectivity index (χ0n) is 13.6. The minimum atomic E-state index is -0.0192. The van der Waals surface area contributed by atoms with E-state index in [1.54, 1.807) is 11.3 Å². The molecule has 1 saturated heterocycles. The molecule has 0 unspecified atom stereocenters. The van der Waals surface area contributed by atoms with E-state index in [4.69, 9.17) is 0 Å². The second-order valence-electron chi connectivity index (χ2n) is 5.35. The van der Waals surface area contributed by atoms with Crippen LogP contribution in [0.2, 0.25) is 0 Å². The van der Waals surface area contributed by atoms with Gasteiger partial charge in [-0.1, -0.05) is 18.2 Å². The molecule has 2 aromatic rings. The van der Waals surface area contributed by atoms with Gasteiger partial charge in [0.2, 0.25) is 5.91 Å². The quantitative estimate of drug-likeness (QED) is 0.773. The first-order chi connectivity index (χ1) is 10.8. The maximum atomic E-state index is 12.0. The molecule has 1 aromatic carbocycles. The molecule has 0 aliphatic carbocycles. The van der Waals surface area contributed by atoms with E-state index in [0.717, 1.165) is 49.1 Å². The van der Waals surface area contributed by atoms with Crippen LogP contribution in [0.5, 0.6) is 0 Å². The van der Waals surface area contributed by atoms with Crippen molar-refractivity contribution in [3.8, 4) is 0 Å². The van der Waals surface area contributed by atoms with Gasteiger partial charge in [-0.05, 0) is 12.1 Å². The summed E-state index contributed by atoms with van der Waals surface area (Å²) in [7, 11) is 0. The van der Waals surface area contributed by atoms with Crippen molar-refractivity contribution >= 4 is 60.2 Å². The number of carbonyl (C=O) groups excluding carboxylic acids is 1. The van der Waals surface area contributed by atoms with Crippen LogP contribution in [0.15, 0.2) is 35.7 Å². The molecule has 0 atom stereocenters. The largest absolute Gasteiger partial charge is 0.326 e. The molecule has 0 radical (unpaired) electrons. The molecule has 1 fully saturated rings. The molecule has 9 heteroatoms. The van der Waals surface area contributed by atoms with Gasteiger partial charge in [-0.2, -0.15) is 0 Å². The van der Waals surface area contributed by atoms with Gasteiger partial charge in [0.25, 0.3) is 0 Å². The van der Waals surface area contributed by atoms with E-state index in [-0.39, 0.29) is 43.1 Å².